The smallest absolute Gasteiger partial charge is 0.317 e. The summed E-state index contributed by atoms with van der Waals surface area (Å²) in [7, 11) is 2.08. The summed E-state index contributed by atoms with van der Waals surface area (Å²) in [6, 6.07) is 0.627. The third kappa shape index (κ3) is 3.36. The molecule has 1 saturated heterocycles. The number of likely N-dealkylation sites (N-methyl/N-ethyl adjacent to an activating group) is 1. The van der Waals surface area contributed by atoms with Crippen LogP contribution in [0.3, 0.4) is 0 Å². The minimum Gasteiger partial charge on any atom is -0.335 e. The van der Waals surface area contributed by atoms with Gasteiger partial charge in [0.1, 0.15) is 0 Å². The Bertz CT molecular complexity index is 278. The predicted molar refractivity (Wildman–Crippen MR) is 72.5 cm³/mol. The molecule has 1 unspecified atom stereocenters. The molecule has 1 atom stereocenters. The molecule has 2 fully saturated rings. The summed E-state index contributed by atoms with van der Waals surface area (Å²) in [4.78, 5) is 16.4. The van der Waals surface area contributed by atoms with Crippen molar-refractivity contribution in [1.29, 1.82) is 0 Å². The largest absolute Gasteiger partial charge is 0.335 e. The third-order valence-electron chi connectivity index (χ3n) is 4.15. The van der Waals surface area contributed by atoms with Gasteiger partial charge in [0, 0.05) is 32.2 Å². The molecule has 5 heteroatoms. The fourth-order valence-electron chi connectivity index (χ4n) is 2.98. The summed E-state index contributed by atoms with van der Waals surface area (Å²) in [6.45, 7) is 3.16. The molecule has 1 aliphatic carbocycles. The van der Waals surface area contributed by atoms with Gasteiger partial charge >= 0.3 is 6.03 Å². The van der Waals surface area contributed by atoms with Crippen LogP contribution in [0.15, 0.2) is 0 Å². The number of nitrogens with zero attached hydrogens (tertiary/aromatic N) is 2. The van der Waals surface area contributed by atoms with Crippen LogP contribution in [0.2, 0.25) is 0 Å². The lowest BCUT2D eigenvalue weighted by Crippen LogP contribution is -2.60. The molecule has 2 amide bonds. The molecule has 1 heterocycles. The summed E-state index contributed by atoms with van der Waals surface area (Å²) in [6.07, 6.45) is 6.06. The Kier molecular flexibility index (Phi) is 4.83. The number of carbonyl (C=O) groups is 1. The molecular weight excluding hydrogens is 228 g/mol. The number of nitrogens with two attached hydrogens (primary N) is 1. The number of carbonyl (C=O) groups excluding carboxylic acids is 1. The van der Waals surface area contributed by atoms with Crippen molar-refractivity contribution in [3.05, 3.63) is 0 Å². The van der Waals surface area contributed by atoms with Crippen molar-refractivity contribution in [3.8, 4) is 0 Å². The van der Waals surface area contributed by atoms with Gasteiger partial charge in [0.15, 0.2) is 0 Å². The molecule has 0 spiro atoms. The fourth-order valence-corrected chi connectivity index (χ4v) is 2.98. The quantitative estimate of drug-likeness (QED) is 0.759. The van der Waals surface area contributed by atoms with E-state index in [-0.39, 0.29) is 12.1 Å². The third-order valence-corrected chi connectivity index (χ3v) is 4.15. The minimum atomic E-state index is 0.0884. The molecule has 2 aliphatic rings. The summed E-state index contributed by atoms with van der Waals surface area (Å²) in [5, 5.41) is 3.18. The first-order chi connectivity index (χ1) is 8.70. The zero-order valence-electron chi connectivity index (χ0n) is 11.4. The molecule has 0 aromatic carbocycles. The average molecular weight is 254 g/mol. The van der Waals surface area contributed by atoms with E-state index in [1.54, 1.807) is 0 Å². The maximum absolute atomic E-state index is 12.3. The Morgan fingerprint density at radius 2 is 2.00 bits per heavy atom. The first kappa shape index (κ1) is 13.6. The van der Waals surface area contributed by atoms with Crippen LogP contribution in [-0.2, 0) is 0 Å². The molecule has 1 aliphatic heterocycles. The number of nitrogens with one attached hydrogen (secondary N) is 1. The molecular formula is C13H26N4O. The first-order valence-electron chi connectivity index (χ1n) is 7.16. The minimum absolute atomic E-state index is 0.0884. The molecule has 5 nitrogen and oxygen atoms in total. The van der Waals surface area contributed by atoms with Crippen LogP contribution >= 0.6 is 0 Å². The second-order valence-corrected chi connectivity index (χ2v) is 5.63. The molecule has 0 aromatic heterocycles. The number of piperazine rings is 1. The number of hydrogen-bond donors (Lipinski definition) is 2. The lowest BCUT2D eigenvalue weighted by molar-refractivity contribution is 0.109. The lowest BCUT2D eigenvalue weighted by atomic mass is 9.96. The summed E-state index contributed by atoms with van der Waals surface area (Å²) >= 11 is 0. The standard InChI is InChI=1S/C13H26N4O/c1-16-7-8-17(12(9-14)10-16)13(18)15-11-5-3-2-4-6-11/h11-12H,2-10,14H2,1H3,(H,15,18). The normalized spacial score (nSPS) is 27.2. The number of urea groups is 1. The van der Waals surface area contributed by atoms with E-state index in [0.717, 1.165) is 32.5 Å². The highest BCUT2D eigenvalue weighted by molar-refractivity contribution is 5.75. The number of hydrogen-bond acceptors (Lipinski definition) is 3. The van der Waals surface area contributed by atoms with Gasteiger partial charge in [-0.2, -0.15) is 0 Å². The van der Waals surface area contributed by atoms with Crippen LogP contribution < -0.4 is 11.1 Å². The van der Waals surface area contributed by atoms with Gasteiger partial charge in [-0.1, -0.05) is 19.3 Å². The maximum Gasteiger partial charge on any atom is 0.317 e. The van der Waals surface area contributed by atoms with Crippen LogP contribution in [0.4, 0.5) is 4.79 Å². The lowest BCUT2D eigenvalue weighted by Gasteiger charge is -2.40. The van der Waals surface area contributed by atoms with Gasteiger partial charge in [0.25, 0.3) is 0 Å². The predicted octanol–water partition coefficient (Wildman–Crippen LogP) is 0.603. The zero-order chi connectivity index (χ0) is 13.0. The monoisotopic (exact) mass is 254 g/mol. The Morgan fingerprint density at radius 3 is 2.67 bits per heavy atom. The van der Waals surface area contributed by atoms with Gasteiger partial charge in [0.2, 0.25) is 0 Å². The van der Waals surface area contributed by atoms with Gasteiger partial charge < -0.3 is 20.9 Å². The van der Waals surface area contributed by atoms with Crippen LogP contribution in [0.5, 0.6) is 0 Å². The summed E-state index contributed by atoms with van der Waals surface area (Å²) < 4.78 is 0. The van der Waals surface area contributed by atoms with Gasteiger partial charge in [-0.05, 0) is 19.9 Å². The highest BCUT2D eigenvalue weighted by atomic mass is 16.2. The molecule has 0 radical (unpaired) electrons. The van der Waals surface area contributed by atoms with E-state index < -0.39 is 0 Å². The van der Waals surface area contributed by atoms with Crippen molar-refractivity contribution in [2.45, 2.75) is 44.2 Å². The molecule has 1 saturated carbocycles. The Balaban J connectivity index is 1.86. The van der Waals surface area contributed by atoms with E-state index in [4.69, 9.17) is 5.73 Å². The second kappa shape index (κ2) is 6.38. The van der Waals surface area contributed by atoms with Gasteiger partial charge in [0.05, 0.1) is 6.04 Å². The van der Waals surface area contributed by atoms with Crippen LogP contribution in [0.25, 0.3) is 0 Å². The van der Waals surface area contributed by atoms with Crippen molar-refractivity contribution >= 4 is 6.03 Å². The molecule has 2 rings (SSSR count). The van der Waals surface area contributed by atoms with Gasteiger partial charge in [-0.25, -0.2) is 4.79 Å². The van der Waals surface area contributed by atoms with Gasteiger partial charge in [-0.3, -0.25) is 0 Å². The van der Waals surface area contributed by atoms with Crippen LogP contribution in [0.1, 0.15) is 32.1 Å². The van der Waals surface area contributed by atoms with Crippen molar-refractivity contribution < 1.29 is 4.79 Å². The van der Waals surface area contributed by atoms with E-state index in [9.17, 15) is 4.79 Å². The van der Waals surface area contributed by atoms with Crippen LogP contribution in [-0.4, -0.2) is 61.1 Å². The SMILES string of the molecule is CN1CCN(C(=O)NC2CCCCC2)C(CN)C1. The maximum atomic E-state index is 12.3. The molecule has 104 valence electrons. The van der Waals surface area contributed by atoms with E-state index >= 15 is 0 Å². The molecule has 3 N–H and O–H groups in total. The molecule has 0 aromatic rings. The highest BCUT2D eigenvalue weighted by Crippen LogP contribution is 2.18. The summed E-state index contributed by atoms with van der Waals surface area (Å²) in [5.41, 5.74) is 5.78. The molecule has 18 heavy (non-hydrogen) atoms. The van der Waals surface area contributed by atoms with Crippen molar-refractivity contribution in [2.75, 3.05) is 33.2 Å². The van der Waals surface area contributed by atoms with Gasteiger partial charge in [-0.15, -0.1) is 0 Å². The number of amides is 2. The molecule has 0 bridgehead atoms. The van der Waals surface area contributed by atoms with E-state index in [1.165, 1.54) is 19.3 Å². The number of rotatable bonds is 2. The van der Waals surface area contributed by atoms with Crippen molar-refractivity contribution in [3.63, 3.8) is 0 Å². The topological polar surface area (TPSA) is 61.6 Å². The average Bonchev–Trinajstić information content (AvgIpc) is 2.39. The van der Waals surface area contributed by atoms with Crippen LogP contribution in [0, 0.1) is 0 Å². The summed E-state index contributed by atoms with van der Waals surface area (Å²) in [5.74, 6) is 0. The highest BCUT2D eigenvalue weighted by Gasteiger charge is 2.29. The fraction of sp³-hybridized carbons (Fsp3) is 0.923. The van der Waals surface area contributed by atoms with E-state index in [0.29, 0.717) is 12.6 Å². The Labute approximate surface area is 110 Å². The first-order valence-corrected chi connectivity index (χ1v) is 7.16. The Hall–Kier alpha value is -0.810. The Morgan fingerprint density at radius 1 is 1.28 bits per heavy atom. The zero-order valence-corrected chi connectivity index (χ0v) is 11.4. The van der Waals surface area contributed by atoms with E-state index in [1.807, 2.05) is 4.90 Å². The van der Waals surface area contributed by atoms with E-state index in [2.05, 4.69) is 17.3 Å². The van der Waals surface area contributed by atoms with Crippen molar-refractivity contribution in [2.24, 2.45) is 5.73 Å². The van der Waals surface area contributed by atoms with Crippen molar-refractivity contribution in [1.82, 2.24) is 15.1 Å². The second-order valence-electron chi connectivity index (χ2n) is 5.63.